The Kier molecular flexibility index (Phi) is 6.25. The van der Waals surface area contributed by atoms with Crippen molar-refractivity contribution in [2.75, 3.05) is 39.4 Å². The zero-order chi connectivity index (χ0) is 21.8. The van der Waals surface area contributed by atoms with E-state index < -0.39 is 5.91 Å². The first-order valence-electron chi connectivity index (χ1n) is 10.4. The first-order chi connectivity index (χ1) is 15.1. The molecule has 0 unspecified atom stereocenters. The number of fused-ring (bicyclic) bond motifs is 1. The molecule has 1 saturated heterocycles. The van der Waals surface area contributed by atoms with E-state index in [1.165, 1.54) is 12.1 Å². The molecule has 0 radical (unpaired) electrons. The predicted octanol–water partition coefficient (Wildman–Crippen LogP) is 2.27. The van der Waals surface area contributed by atoms with Crippen LogP contribution in [0.5, 0.6) is 0 Å². The molecule has 1 N–H and O–H groups in total. The van der Waals surface area contributed by atoms with Crippen LogP contribution in [-0.4, -0.2) is 66.9 Å². The van der Waals surface area contributed by atoms with Crippen molar-refractivity contribution in [3.05, 3.63) is 83.4 Å². The van der Waals surface area contributed by atoms with Crippen LogP contribution in [0.2, 0.25) is 0 Å². The van der Waals surface area contributed by atoms with Crippen molar-refractivity contribution in [1.82, 2.24) is 15.1 Å². The molecular weight excluding hydrogens is 394 g/mol. The molecule has 7 heteroatoms. The molecule has 160 valence electrons. The van der Waals surface area contributed by atoms with Gasteiger partial charge in [0.1, 0.15) is 0 Å². The van der Waals surface area contributed by atoms with E-state index in [1.54, 1.807) is 12.1 Å². The maximum Gasteiger partial charge on any atom is 0.261 e. The number of hydrogen-bond donors (Lipinski definition) is 1. The van der Waals surface area contributed by atoms with Crippen LogP contribution < -0.4 is 5.32 Å². The summed E-state index contributed by atoms with van der Waals surface area (Å²) >= 11 is 0. The molecule has 0 aromatic heterocycles. The second kappa shape index (κ2) is 9.24. The van der Waals surface area contributed by atoms with Crippen molar-refractivity contribution < 1.29 is 19.1 Å². The van der Waals surface area contributed by atoms with E-state index >= 15 is 0 Å². The molecule has 3 amide bonds. The van der Waals surface area contributed by atoms with Crippen molar-refractivity contribution in [2.24, 2.45) is 0 Å². The molecular formula is C24H25N3O4. The van der Waals surface area contributed by atoms with Gasteiger partial charge in [-0.1, -0.05) is 36.4 Å². The van der Waals surface area contributed by atoms with E-state index in [9.17, 15) is 14.4 Å². The number of imide groups is 1. The van der Waals surface area contributed by atoms with Gasteiger partial charge in [0.2, 0.25) is 0 Å². The molecule has 1 atom stereocenters. The van der Waals surface area contributed by atoms with E-state index in [1.807, 2.05) is 30.3 Å². The summed E-state index contributed by atoms with van der Waals surface area (Å²) in [5.74, 6) is -1.05. The fraction of sp³-hybridized carbons (Fsp3) is 0.292. The number of benzene rings is 2. The van der Waals surface area contributed by atoms with Gasteiger partial charge >= 0.3 is 0 Å². The zero-order valence-electron chi connectivity index (χ0n) is 17.3. The van der Waals surface area contributed by atoms with Gasteiger partial charge in [0, 0.05) is 31.7 Å². The highest BCUT2D eigenvalue weighted by Crippen LogP contribution is 2.24. The topological polar surface area (TPSA) is 79.0 Å². The zero-order valence-corrected chi connectivity index (χ0v) is 17.3. The molecule has 2 aliphatic rings. The fourth-order valence-electron chi connectivity index (χ4n) is 3.93. The van der Waals surface area contributed by atoms with Crippen molar-refractivity contribution in [3.63, 3.8) is 0 Å². The van der Waals surface area contributed by atoms with Crippen molar-refractivity contribution in [3.8, 4) is 0 Å². The third kappa shape index (κ3) is 4.42. The smallest absolute Gasteiger partial charge is 0.261 e. The highest BCUT2D eigenvalue weighted by atomic mass is 16.5. The summed E-state index contributed by atoms with van der Waals surface area (Å²) in [4.78, 5) is 41.5. The Morgan fingerprint density at radius 2 is 1.77 bits per heavy atom. The number of rotatable bonds is 7. The first-order valence-corrected chi connectivity index (χ1v) is 10.4. The summed E-state index contributed by atoms with van der Waals surface area (Å²) in [7, 11) is 0. The summed E-state index contributed by atoms with van der Waals surface area (Å²) < 4.78 is 5.43. The van der Waals surface area contributed by atoms with Gasteiger partial charge in [-0.05, 0) is 23.8 Å². The largest absolute Gasteiger partial charge is 0.379 e. The maximum atomic E-state index is 13.1. The van der Waals surface area contributed by atoms with Crippen LogP contribution in [-0.2, 0) is 4.74 Å². The highest BCUT2D eigenvalue weighted by molar-refractivity contribution is 6.22. The second-order valence-corrected chi connectivity index (χ2v) is 7.62. The van der Waals surface area contributed by atoms with Crippen LogP contribution >= 0.6 is 0 Å². The lowest BCUT2D eigenvalue weighted by atomic mass is 10.0. The van der Waals surface area contributed by atoms with Gasteiger partial charge in [0.05, 0.1) is 30.4 Å². The Balaban J connectivity index is 1.54. The number of nitrogens with zero attached hydrogens (tertiary/aromatic N) is 2. The van der Waals surface area contributed by atoms with Crippen LogP contribution in [0.15, 0.2) is 61.2 Å². The van der Waals surface area contributed by atoms with Crippen molar-refractivity contribution in [1.29, 1.82) is 0 Å². The Morgan fingerprint density at radius 1 is 1.06 bits per heavy atom. The van der Waals surface area contributed by atoms with Crippen LogP contribution in [0.4, 0.5) is 0 Å². The molecule has 31 heavy (non-hydrogen) atoms. The average Bonchev–Trinajstić information content (AvgIpc) is 3.04. The molecule has 0 saturated carbocycles. The quantitative estimate of drug-likeness (QED) is 0.550. The number of hydrogen-bond acceptors (Lipinski definition) is 5. The van der Waals surface area contributed by atoms with Crippen LogP contribution in [0.3, 0.4) is 0 Å². The third-order valence-corrected chi connectivity index (χ3v) is 5.60. The fourth-order valence-corrected chi connectivity index (χ4v) is 3.93. The SMILES string of the molecule is C=CCN1C(=O)c2ccc(C(=O)N[C@@H](CN3CCOCC3)c3ccccc3)cc2C1=O. The van der Waals surface area contributed by atoms with Gasteiger partial charge in [-0.3, -0.25) is 24.2 Å². The number of carbonyl (C=O) groups excluding carboxylic acids is 3. The van der Waals surface area contributed by atoms with Crippen molar-refractivity contribution >= 4 is 17.7 Å². The Morgan fingerprint density at radius 3 is 2.48 bits per heavy atom. The van der Waals surface area contributed by atoms with Crippen LogP contribution in [0, 0.1) is 0 Å². The normalized spacial score (nSPS) is 17.4. The molecule has 2 aromatic rings. The number of amides is 3. The second-order valence-electron chi connectivity index (χ2n) is 7.62. The summed E-state index contributed by atoms with van der Waals surface area (Å²) in [6.45, 7) is 7.38. The Labute approximate surface area is 181 Å². The summed E-state index contributed by atoms with van der Waals surface area (Å²) in [6.07, 6.45) is 1.51. The standard InChI is InChI=1S/C24H25N3O4/c1-2-10-27-23(29)19-9-8-18(15-20(19)24(27)30)22(28)25-21(17-6-4-3-5-7-17)16-26-11-13-31-14-12-26/h2-9,15,21H,1,10-14,16H2,(H,25,28)/t21-/m0/s1. The number of ether oxygens (including phenoxy) is 1. The number of carbonyl (C=O) groups is 3. The lowest BCUT2D eigenvalue weighted by Gasteiger charge is -2.31. The van der Waals surface area contributed by atoms with E-state index in [0.717, 1.165) is 23.6 Å². The Hall–Kier alpha value is -3.29. The molecule has 2 aliphatic heterocycles. The van der Waals surface area contributed by atoms with Gasteiger partial charge in [-0.2, -0.15) is 0 Å². The van der Waals surface area contributed by atoms with Crippen molar-refractivity contribution in [2.45, 2.75) is 6.04 Å². The minimum absolute atomic E-state index is 0.142. The van der Waals surface area contributed by atoms with Gasteiger partial charge in [-0.25, -0.2) is 0 Å². The molecule has 7 nitrogen and oxygen atoms in total. The van der Waals surface area contributed by atoms with Gasteiger partial charge in [-0.15, -0.1) is 6.58 Å². The summed E-state index contributed by atoms with van der Waals surface area (Å²) in [5.41, 5.74) is 1.93. The minimum Gasteiger partial charge on any atom is -0.379 e. The minimum atomic E-state index is -0.400. The number of nitrogens with one attached hydrogen (secondary N) is 1. The molecule has 1 fully saturated rings. The third-order valence-electron chi connectivity index (χ3n) is 5.60. The van der Waals surface area contributed by atoms with Gasteiger partial charge in [0.25, 0.3) is 17.7 Å². The van der Waals surface area contributed by atoms with Crippen LogP contribution in [0.25, 0.3) is 0 Å². The molecule has 4 rings (SSSR count). The number of morpholine rings is 1. The monoisotopic (exact) mass is 419 g/mol. The van der Waals surface area contributed by atoms with Gasteiger partial charge in [0.15, 0.2) is 0 Å². The lowest BCUT2D eigenvalue weighted by molar-refractivity contribution is 0.0332. The van der Waals surface area contributed by atoms with E-state index in [-0.39, 0.29) is 30.0 Å². The first kappa shape index (κ1) is 21.0. The van der Waals surface area contributed by atoms with E-state index in [4.69, 9.17) is 4.74 Å². The predicted molar refractivity (Wildman–Crippen MR) is 116 cm³/mol. The summed E-state index contributed by atoms with van der Waals surface area (Å²) in [5, 5.41) is 3.10. The van der Waals surface area contributed by atoms with Gasteiger partial charge < -0.3 is 10.1 Å². The Bertz CT molecular complexity index is 999. The molecule has 0 bridgehead atoms. The molecule has 2 aromatic carbocycles. The van der Waals surface area contributed by atoms with Crippen LogP contribution in [0.1, 0.15) is 42.7 Å². The molecule has 0 spiro atoms. The lowest BCUT2D eigenvalue weighted by Crippen LogP contribution is -2.43. The molecule has 0 aliphatic carbocycles. The average molecular weight is 419 g/mol. The summed E-state index contributed by atoms with van der Waals surface area (Å²) in [6, 6.07) is 14.2. The highest BCUT2D eigenvalue weighted by Gasteiger charge is 2.35. The van der Waals surface area contributed by atoms with E-state index in [2.05, 4.69) is 16.8 Å². The maximum absolute atomic E-state index is 13.1. The molecule has 2 heterocycles. The van der Waals surface area contributed by atoms with E-state index in [0.29, 0.717) is 30.9 Å².